The molecule has 7 amide bonds. The van der Waals surface area contributed by atoms with Gasteiger partial charge in [-0.2, -0.15) is 0 Å². The lowest BCUT2D eigenvalue weighted by Gasteiger charge is -2.30. The highest BCUT2D eigenvalue weighted by Crippen LogP contribution is 2.17. The number of carbonyl (C=O) groups excluding carboxylic acids is 7. The first-order valence-electron chi connectivity index (χ1n) is 20.6. The van der Waals surface area contributed by atoms with E-state index in [1.807, 2.05) is 0 Å². The van der Waals surface area contributed by atoms with Crippen LogP contribution >= 0.6 is 0 Å². The summed E-state index contributed by atoms with van der Waals surface area (Å²) in [6.07, 6.45) is -3.85. The molecule has 0 heterocycles. The fourth-order valence-electron chi connectivity index (χ4n) is 6.19. The molecule has 1 aromatic carbocycles. The smallest absolute Gasteiger partial charge is 0.326 e. The molecule has 0 saturated heterocycles. The first-order chi connectivity index (χ1) is 29.3. The fraction of sp³-hybridized carbons (Fsp3) is 0.610. The number of hydrogen-bond acceptors (Lipinski definition) is 12. The van der Waals surface area contributed by atoms with Crippen LogP contribution in [0.15, 0.2) is 30.3 Å². The molecule has 0 unspecified atom stereocenters. The Labute approximate surface area is 365 Å². The van der Waals surface area contributed by atoms with Crippen LogP contribution in [0.1, 0.15) is 92.1 Å². The Hall–Kier alpha value is -6.16. The number of aliphatic hydroxyl groups excluding tert-OH is 1. The van der Waals surface area contributed by atoms with Crippen LogP contribution in [0.5, 0.6) is 0 Å². The lowest BCUT2D eigenvalue weighted by Crippen LogP contribution is -2.59. The van der Waals surface area contributed by atoms with Crippen LogP contribution in [0.25, 0.3) is 0 Å². The maximum atomic E-state index is 13.6. The van der Waals surface area contributed by atoms with Crippen LogP contribution in [0, 0.1) is 17.8 Å². The summed E-state index contributed by atoms with van der Waals surface area (Å²) in [6, 6.07) is -0.933. The number of primary amides is 1. The number of rotatable bonds is 29. The topological polar surface area (TPSA) is 376 Å². The van der Waals surface area contributed by atoms with E-state index in [-0.39, 0.29) is 31.6 Å². The zero-order valence-electron chi connectivity index (χ0n) is 36.4. The summed E-state index contributed by atoms with van der Waals surface area (Å²) >= 11 is 0. The van der Waals surface area contributed by atoms with Crippen LogP contribution in [0.3, 0.4) is 0 Å². The Bertz CT molecular complexity index is 1760. The zero-order chi connectivity index (χ0) is 48.1. The van der Waals surface area contributed by atoms with Gasteiger partial charge < -0.3 is 63.8 Å². The molecule has 1 rings (SSSR count). The van der Waals surface area contributed by atoms with Gasteiger partial charge in [0.2, 0.25) is 41.4 Å². The van der Waals surface area contributed by atoms with Crippen LogP contribution in [0.4, 0.5) is 0 Å². The molecule has 0 aliphatic rings. The normalized spacial score (nSPS) is 15.5. The summed E-state index contributed by atoms with van der Waals surface area (Å²) in [6.45, 7) is 9.47. The average molecular weight is 893 g/mol. The van der Waals surface area contributed by atoms with Crippen LogP contribution < -0.4 is 43.4 Å². The van der Waals surface area contributed by atoms with Crippen LogP contribution in [-0.4, -0.2) is 128 Å². The van der Waals surface area contributed by atoms with Gasteiger partial charge in [0.15, 0.2) is 0 Å². The van der Waals surface area contributed by atoms with E-state index in [9.17, 15) is 63.3 Å². The molecular formula is C41H64N8O14. The Balaban J connectivity index is 3.07. The minimum absolute atomic E-state index is 0.0978. The average Bonchev–Trinajstić information content (AvgIpc) is 3.18. The predicted octanol–water partition coefficient (Wildman–Crippen LogP) is -1.74. The number of nitrogens with two attached hydrogens (primary N) is 2. The molecule has 63 heavy (non-hydrogen) atoms. The van der Waals surface area contributed by atoms with Crippen molar-refractivity contribution in [3.05, 3.63) is 35.9 Å². The number of aliphatic carboxylic acids is 3. The Morgan fingerprint density at radius 1 is 0.603 bits per heavy atom. The summed E-state index contributed by atoms with van der Waals surface area (Å²) in [5.41, 5.74) is 11.8. The molecule has 0 saturated carbocycles. The number of nitrogens with one attached hydrogen (secondary N) is 6. The Morgan fingerprint density at radius 2 is 1.14 bits per heavy atom. The molecular weight excluding hydrogens is 828 g/mol. The van der Waals surface area contributed by atoms with Crippen molar-refractivity contribution in [2.24, 2.45) is 29.2 Å². The van der Waals surface area contributed by atoms with Gasteiger partial charge in [-0.3, -0.25) is 43.2 Å². The van der Waals surface area contributed by atoms with Gasteiger partial charge in [-0.1, -0.05) is 65.0 Å². The summed E-state index contributed by atoms with van der Waals surface area (Å²) < 4.78 is 0. The van der Waals surface area contributed by atoms with Crippen molar-refractivity contribution < 1.29 is 68.4 Å². The van der Waals surface area contributed by atoms with E-state index >= 15 is 0 Å². The molecule has 9 atom stereocenters. The molecule has 0 spiro atoms. The van der Waals surface area contributed by atoms with Gasteiger partial charge in [0, 0.05) is 25.2 Å². The maximum Gasteiger partial charge on any atom is 0.326 e. The number of carbonyl (C=O) groups is 10. The number of carboxylic acids is 3. The summed E-state index contributed by atoms with van der Waals surface area (Å²) in [5.74, 6) is -11.7. The van der Waals surface area contributed by atoms with E-state index < -0.39 is 145 Å². The fourth-order valence-corrected chi connectivity index (χ4v) is 6.19. The molecule has 0 radical (unpaired) electrons. The van der Waals surface area contributed by atoms with Crippen molar-refractivity contribution >= 4 is 59.3 Å². The molecule has 0 fully saturated rings. The lowest BCUT2D eigenvalue weighted by atomic mass is 9.92. The molecule has 22 heteroatoms. The van der Waals surface area contributed by atoms with Crippen LogP contribution in [-0.2, 0) is 54.4 Å². The molecule has 1 aromatic rings. The van der Waals surface area contributed by atoms with Gasteiger partial charge in [-0.15, -0.1) is 0 Å². The van der Waals surface area contributed by atoms with Crippen LogP contribution in [0.2, 0.25) is 0 Å². The Morgan fingerprint density at radius 3 is 1.67 bits per heavy atom. The molecule has 0 aliphatic heterocycles. The van der Waals surface area contributed by atoms with Crippen molar-refractivity contribution in [1.82, 2.24) is 31.9 Å². The summed E-state index contributed by atoms with van der Waals surface area (Å²) in [7, 11) is 0. The molecule has 0 aliphatic carbocycles. The largest absolute Gasteiger partial charge is 0.481 e. The highest BCUT2D eigenvalue weighted by molar-refractivity contribution is 5.96. The van der Waals surface area contributed by atoms with Gasteiger partial charge >= 0.3 is 17.9 Å². The van der Waals surface area contributed by atoms with Crippen molar-refractivity contribution in [2.75, 3.05) is 0 Å². The standard InChI is InChI=1S/C41H64N8O14/c1-20(2)16-27(46-39(60)28(19-31(43)51)47-40(61)34(21(3)4)49-37(58)25(42)12-14-32(52)53)30(50)17-22(5)35(56)44-23(6)36(57)45-26(13-15-33(54)55)38(59)48-29(41(62)63)18-24-10-8-7-9-11-24/h7-11,20-23,25-30,34,50H,12-19,42H2,1-6H3,(H2,43,51)(H,44,56)(H,45,57)(H,46,60)(H,47,61)(H,48,59)(H,49,58)(H,52,53)(H,54,55)(H,62,63)/t22-,23+,25+,26+,27+,28-,29+,30+,34+/m1/s1. The van der Waals surface area contributed by atoms with E-state index in [0.29, 0.717) is 5.56 Å². The van der Waals surface area contributed by atoms with Gasteiger partial charge in [-0.25, -0.2) is 4.79 Å². The third kappa shape index (κ3) is 21.0. The SMILES string of the molecule is CC(C)C[C@H](NC(=O)[C@@H](CC(N)=O)NC(=O)[C@@H](NC(=O)[C@@H](N)CCC(=O)O)C(C)C)[C@@H](O)C[C@@H](C)C(=O)N[C@@H](C)C(=O)N[C@@H](CCC(=O)O)C(=O)N[C@@H](Cc1ccccc1)C(=O)O. The molecule has 22 nitrogen and oxygen atoms in total. The highest BCUT2D eigenvalue weighted by Gasteiger charge is 2.35. The van der Waals surface area contributed by atoms with Crippen molar-refractivity contribution in [3.8, 4) is 0 Å². The molecule has 0 bridgehead atoms. The van der Waals surface area contributed by atoms with E-state index in [1.165, 1.54) is 13.8 Å². The summed E-state index contributed by atoms with van der Waals surface area (Å²) in [4.78, 5) is 125. The number of carboxylic acid groups (broad SMARTS) is 3. The van der Waals surface area contributed by atoms with Gasteiger partial charge in [0.1, 0.15) is 30.2 Å². The minimum atomic E-state index is -1.57. The highest BCUT2D eigenvalue weighted by atomic mass is 16.4. The van der Waals surface area contributed by atoms with Gasteiger partial charge in [0.25, 0.3) is 0 Å². The second kappa shape index (κ2) is 27.0. The monoisotopic (exact) mass is 892 g/mol. The number of aliphatic hydroxyl groups is 1. The lowest BCUT2D eigenvalue weighted by molar-refractivity contribution is -0.143. The third-order valence-corrected chi connectivity index (χ3v) is 9.78. The minimum Gasteiger partial charge on any atom is -0.481 e. The second-order valence-corrected chi connectivity index (χ2v) is 16.3. The van der Waals surface area contributed by atoms with Crippen molar-refractivity contribution in [1.29, 1.82) is 0 Å². The molecule has 352 valence electrons. The molecule has 14 N–H and O–H groups in total. The predicted molar refractivity (Wildman–Crippen MR) is 225 cm³/mol. The quantitative estimate of drug-likeness (QED) is 0.0425. The van der Waals surface area contributed by atoms with E-state index in [1.54, 1.807) is 58.0 Å². The van der Waals surface area contributed by atoms with Crippen molar-refractivity contribution in [3.63, 3.8) is 0 Å². The van der Waals surface area contributed by atoms with E-state index in [2.05, 4.69) is 31.9 Å². The number of hydrogen-bond donors (Lipinski definition) is 12. The third-order valence-electron chi connectivity index (χ3n) is 9.78. The number of amides is 7. The maximum absolute atomic E-state index is 13.6. The second-order valence-electron chi connectivity index (χ2n) is 16.3. The zero-order valence-corrected chi connectivity index (χ0v) is 36.4. The van der Waals surface area contributed by atoms with Gasteiger partial charge in [-0.05, 0) is 50.0 Å². The van der Waals surface area contributed by atoms with E-state index in [0.717, 1.165) is 0 Å². The Kier molecular flexibility index (Phi) is 23.5. The first kappa shape index (κ1) is 54.9. The number of benzene rings is 1. The van der Waals surface area contributed by atoms with E-state index in [4.69, 9.17) is 16.6 Å². The first-order valence-corrected chi connectivity index (χ1v) is 20.6. The van der Waals surface area contributed by atoms with Crippen molar-refractivity contribution in [2.45, 2.75) is 141 Å². The summed E-state index contributed by atoms with van der Waals surface area (Å²) in [5, 5.41) is 53.8. The van der Waals surface area contributed by atoms with Gasteiger partial charge in [0.05, 0.1) is 24.6 Å². The molecule has 0 aromatic heterocycles.